The first kappa shape index (κ1) is 22.6. The van der Waals surface area contributed by atoms with Crippen molar-refractivity contribution in [3.63, 3.8) is 0 Å². The summed E-state index contributed by atoms with van der Waals surface area (Å²) in [7, 11) is 0. The molecule has 3 N–H and O–H groups in total. The normalized spacial score (nSPS) is 11.0. The van der Waals surface area contributed by atoms with Gasteiger partial charge in [0.05, 0.1) is 11.8 Å². The molecule has 0 aliphatic rings. The smallest absolute Gasteiger partial charge is 0.416 e. The average Bonchev–Trinajstić information content (AvgIpc) is 3.28. The average molecular weight is 445 g/mol. The van der Waals surface area contributed by atoms with E-state index in [4.69, 9.17) is 4.42 Å². The van der Waals surface area contributed by atoms with Crippen molar-refractivity contribution in [2.45, 2.75) is 12.6 Å². The summed E-state index contributed by atoms with van der Waals surface area (Å²) < 4.78 is 43.4. The quantitative estimate of drug-likeness (QED) is 0.505. The van der Waals surface area contributed by atoms with Crippen LogP contribution < -0.4 is 16.0 Å². The topological polar surface area (TPSA) is 100 Å². The molecule has 7 nitrogen and oxygen atoms in total. The van der Waals surface area contributed by atoms with Crippen LogP contribution in [-0.4, -0.2) is 24.3 Å². The van der Waals surface area contributed by atoms with E-state index in [1.54, 1.807) is 12.1 Å². The number of hydrogen-bond acceptors (Lipinski definition) is 4. The number of halogens is 3. The lowest BCUT2D eigenvalue weighted by Gasteiger charge is -2.11. The zero-order valence-electron chi connectivity index (χ0n) is 16.5. The fourth-order valence-corrected chi connectivity index (χ4v) is 2.72. The highest BCUT2D eigenvalue weighted by Crippen LogP contribution is 2.30. The van der Waals surface area contributed by atoms with Crippen LogP contribution in [0.4, 0.5) is 24.5 Å². The van der Waals surface area contributed by atoms with Crippen molar-refractivity contribution in [3.8, 4) is 0 Å². The van der Waals surface area contributed by atoms with Crippen molar-refractivity contribution in [2.75, 3.05) is 17.2 Å². The molecule has 0 radical (unpaired) electrons. The van der Waals surface area contributed by atoms with Crippen LogP contribution in [0.5, 0.6) is 0 Å². The van der Waals surface area contributed by atoms with Crippen molar-refractivity contribution in [1.82, 2.24) is 5.32 Å². The molecule has 0 aliphatic carbocycles. The van der Waals surface area contributed by atoms with E-state index in [0.717, 1.165) is 12.1 Å². The number of amides is 3. The second-order valence-electron chi connectivity index (χ2n) is 6.64. The zero-order chi connectivity index (χ0) is 23.1. The van der Waals surface area contributed by atoms with Gasteiger partial charge in [0.15, 0.2) is 5.76 Å². The van der Waals surface area contributed by atoms with Gasteiger partial charge in [-0.1, -0.05) is 12.1 Å². The van der Waals surface area contributed by atoms with Crippen molar-refractivity contribution in [2.24, 2.45) is 0 Å². The Bertz CT molecular complexity index is 1110. The number of alkyl halides is 3. The minimum atomic E-state index is -4.53. The number of hydrogen-bond donors (Lipinski definition) is 3. The minimum absolute atomic E-state index is 0.00781. The first-order chi connectivity index (χ1) is 15.2. The molecule has 10 heteroatoms. The Balaban J connectivity index is 1.55. The van der Waals surface area contributed by atoms with Gasteiger partial charge in [-0.05, 0) is 48.5 Å². The summed E-state index contributed by atoms with van der Waals surface area (Å²) in [5.41, 5.74) is -0.419. The van der Waals surface area contributed by atoms with E-state index in [9.17, 15) is 27.6 Å². The lowest BCUT2D eigenvalue weighted by atomic mass is 10.1. The van der Waals surface area contributed by atoms with E-state index >= 15 is 0 Å². The number of anilines is 2. The SMILES string of the molecule is O=C(CCNC(=O)c1ccco1)Nc1cccc(C(=O)Nc2cccc(C(F)(F)F)c2)c1. The summed E-state index contributed by atoms with van der Waals surface area (Å²) in [5.74, 6) is -1.35. The summed E-state index contributed by atoms with van der Waals surface area (Å²) in [6.45, 7) is 0.0705. The van der Waals surface area contributed by atoms with Gasteiger partial charge in [0.25, 0.3) is 11.8 Å². The van der Waals surface area contributed by atoms with E-state index in [1.165, 1.54) is 42.7 Å². The molecule has 3 amide bonds. The van der Waals surface area contributed by atoms with E-state index in [2.05, 4.69) is 16.0 Å². The summed E-state index contributed by atoms with van der Waals surface area (Å²) in [6, 6.07) is 13.3. The maximum atomic E-state index is 12.8. The first-order valence-electron chi connectivity index (χ1n) is 9.42. The third kappa shape index (κ3) is 6.21. The van der Waals surface area contributed by atoms with Crippen LogP contribution in [0.15, 0.2) is 71.3 Å². The zero-order valence-corrected chi connectivity index (χ0v) is 16.5. The highest BCUT2D eigenvalue weighted by atomic mass is 19.4. The molecular weight excluding hydrogens is 427 g/mol. The Morgan fingerprint density at radius 3 is 2.25 bits per heavy atom. The fourth-order valence-electron chi connectivity index (χ4n) is 2.72. The molecule has 0 fully saturated rings. The van der Waals surface area contributed by atoms with Crippen LogP contribution in [0.2, 0.25) is 0 Å². The minimum Gasteiger partial charge on any atom is -0.459 e. The number of rotatable bonds is 7. The highest BCUT2D eigenvalue weighted by Gasteiger charge is 2.30. The van der Waals surface area contributed by atoms with Gasteiger partial charge in [0.2, 0.25) is 5.91 Å². The van der Waals surface area contributed by atoms with Crippen LogP contribution in [0.1, 0.15) is 32.9 Å². The molecule has 0 spiro atoms. The number of furan rings is 1. The molecule has 1 heterocycles. The Labute approximate surface area is 180 Å². The molecule has 3 aromatic rings. The second kappa shape index (κ2) is 9.82. The third-order valence-electron chi connectivity index (χ3n) is 4.24. The van der Waals surface area contributed by atoms with Gasteiger partial charge >= 0.3 is 6.18 Å². The summed E-state index contributed by atoms with van der Waals surface area (Å²) in [4.78, 5) is 36.3. The lowest BCUT2D eigenvalue weighted by molar-refractivity contribution is -0.137. The molecule has 3 rings (SSSR count). The van der Waals surface area contributed by atoms with Crippen LogP contribution in [0.25, 0.3) is 0 Å². The number of nitrogens with one attached hydrogen (secondary N) is 3. The summed E-state index contributed by atoms with van der Waals surface area (Å²) in [6.07, 6.45) is -3.19. The molecule has 1 aromatic heterocycles. The van der Waals surface area contributed by atoms with Gasteiger partial charge in [0, 0.05) is 29.9 Å². The van der Waals surface area contributed by atoms with Crippen molar-refractivity contribution in [1.29, 1.82) is 0 Å². The van der Waals surface area contributed by atoms with Gasteiger partial charge in [-0.15, -0.1) is 0 Å². The van der Waals surface area contributed by atoms with E-state index in [1.807, 2.05) is 0 Å². The van der Waals surface area contributed by atoms with Gasteiger partial charge in [-0.3, -0.25) is 14.4 Å². The lowest BCUT2D eigenvalue weighted by Crippen LogP contribution is -2.27. The molecule has 0 atom stereocenters. The molecule has 2 aromatic carbocycles. The molecule has 0 bridgehead atoms. The van der Waals surface area contributed by atoms with E-state index in [0.29, 0.717) is 5.69 Å². The molecule has 0 unspecified atom stereocenters. The Kier molecular flexibility index (Phi) is 6.93. The molecular formula is C22H18F3N3O4. The molecule has 32 heavy (non-hydrogen) atoms. The summed E-state index contributed by atoms with van der Waals surface area (Å²) >= 11 is 0. The standard InChI is InChI=1S/C22H18F3N3O4/c23-22(24,25)15-5-2-7-17(13-15)28-20(30)14-4-1-6-16(12-14)27-19(29)9-10-26-21(31)18-8-3-11-32-18/h1-8,11-13H,9-10H2,(H,26,31)(H,27,29)(H,28,30). The molecule has 0 saturated heterocycles. The predicted octanol–water partition coefficient (Wildman–Crippen LogP) is 4.31. The van der Waals surface area contributed by atoms with Crippen molar-refractivity contribution in [3.05, 3.63) is 83.8 Å². The summed E-state index contributed by atoms with van der Waals surface area (Å²) in [5, 5.41) is 7.54. The van der Waals surface area contributed by atoms with Gasteiger partial charge in [-0.25, -0.2) is 0 Å². The second-order valence-corrected chi connectivity index (χ2v) is 6.64. The Hall–Kier alpha value is -4.08. The Morgan fingerprint density at radius 1 is 0.844 bits per heavy atom. The fraction of sp³-hybridized carbons (Fsp3) is 0.136. The maximum absolute atomic E-state index is 12.8. The highest BCUT2D eigenvalue weighted by molar-refractivity contribution is 6.05. The van der Waals surface area contributed by atoms with E-state index in [-0.39, 0.29) is 30.0 Å². The Morgan fingerprint density at radius 2 is 1.56 bits per heavy atom. The van der Waals surface area contributed by atoms with Crippen LogP contribution in [-0.2, 0) is 11.0 Å². The van der Waals surface area contributed by atoms with Gasteiger partial charge < -0.3 is 20.4 Å². The van der Waals surface area contributed by atoms with E-state index < -0.39 is 29.5 Å². The third-order valence-corrected chi connectivity index (χ3v) is 4.24. The van der Waals surface area contributed by atoms with Crippen molar-refractivity contribution < 1.29 is 32.0 Å². The number of carbonyl (C=O) groups is 3. The van der Waals surface area contributed by atoms with Crippen molar-refractivity contribution >= 4 is 29.1 Å². The van der Waals surface area contributed by atoms with Crippen LogP contribution in [0, 0.1) is 0 Å². The number of carbonyl (C=O) groups excluding carboxylic acids is 3. The largest absolute Gasteiger partial charge is 0.459 e. The molecule has 0 aliphatic heterocycles. The van der Waals surface area contributed by atoms with Gasteiger partial charge in [0.1, 0.15) is 0 Å². The molecule has 166 valence electrons. The number of benzene rings is 2. The van der Waals surface area contributed by atoms with Gasteiger partial charge in [-0.2, -0.15) is 13.2 Å². The van der Waals surface area contributed by atoms with Crippen LogP contribution in [0.3, 0.4) is 0 Å². The van der Waals surface area contributed by atoms with Crippen LogP contribution >= 0.6 is 0 Å². The first-order valence-corrected chi connectivity index (χ1v) is 9.42. The predicted molar refractivity (Wildman–Crippen MR) is 110 cm³/mol. The monoisotopic (exact) mass is 445 g/mol. The maximum Gasteiger partial charge on any atom is 0.416 e. The molecule has 0 saturated carbocycles.